The van der Waals surface area contributed by atoms with Crippen molar-refractivity contribution < 1.29 is 4.79 Å². The summed E-state index contributed by atoms with van der Waals surface area (Å²) in [6, 6.07) is 0.833. The Morgan fingerprint density at radius 1 is 1.55 bits per heavy atom. The van der Waals surface area contributed by atoms with Gasteiger partial charge in [-0.1, -0.05) is 0 Å². The van der Waals surface area contributed by atoms with Gasteiger partial charge in [-0.25, -0.2) is 0 Å². The molecule has 6 heteroatoms. The molecule has 6 nitrogen and oxygen atoms in total. The van der Waals surface area contributed by atoms with Gasteiger partial charge in [0.05, 0.1) is 12.7 Å². The molecule has 1 atom stereocenters. The van der Waals surface area contributed by atoms with E-state index in [1.165, 1.54) is 5.56 Å². The fraction of sp³-hybridized carbons (Fsp3) is 0.714. The highest BCUT2D eigenvalue weighted by molar-refractivity contribution is 5.77. The zero-order valence-corrected chi connectivity index (χ0v) is 12.6. The maximum atomic E-state index is 11.7. The maximum absolute atomic E-state index is 11.7. The van der Waals surface area contributed by atoms with Crippen molar-refractivity contribution >= 4 is 5.91 Å². The molecule has 1 aliphatic heterocycles. The molecule has 1 unspecified atom stereocenters. The molecule has 2 rings (SSSR count). The average Bonchev–Trinajstić information content (AvgIpc) is 2.95. The third kappa shape index (κ3) is 4.05. The topological polar surface area (TPSA) is 64.3 Å². The molecule has 1 aromatic heterocycles. The molecule has 0 radical (unpaired) electrons. The second-order valence-electron chi connectivity index (χ2n) is 5.76. The van der Waals surface area contributed by atoms with E-state index in [1.54, 1.807) is 4.90 Å². The van der Waals surface area contributed by atoms with E-state index in [2.05, 4.69) is 27.3 Å². The number of piperidine rings is 1. The van der Waals surface area contributed by atoms with Crippen molar-refractivity contribution in [3.63, 3.8) is 0 Å². The first kappa shape index (κ1) is 15.0. The van der Waals surface area contributed by atoms with Gasteiger partial charge >= 0.3 is 0 Å². The van der Waals surface area contributed by atoms with Crippen LogP contribution in [-0.4, -0.2) is 65.7 Å². The molecule has 0 aromatic carbocycles. The largest absolute Gasteiger partial charge is 0.348 e. The van der Waals surface area contributed by atoms with Gasteiger partial charge in [-0.3, -0.25) is 14.8 Å². The third-order valence-corrected chi connectivity index (χ3v) is 3.95. The van der Waals surface area contributed by atoms with Gasteiger partial charge in [-0.15, -0.1) is 0 Å². The Morgan fingerprint density at radius 3 is 2.80 bits per heavy atom. The molecule has 20 heavy (non-hydrogen) atoms. The van der Waals surface area contributed by atoms with Gasteiger partial charge < -0.3 is 10.2 Å². The Morgan fingerprint density at radius 2 is 2.25 bits per heavy atom. The van der Waals surface area contributed by atoms with Gasteiger partial charge in [0.15, 0.2) is 0 Å². The summed E-state index contributed by atoms with van der Waals surface area (Å²) >= 11 is 0. The Balaban J connectivity index is 1.73. The average molecular weight is 279 g/mol. The predicted octanol–water partition coefficient (Wildman–Crippen LogP) is 0.613. The van der Waals surface area contributed by atoms with Crippen LogP contribution in [0.15, 0.2) is 12.4 Å². The van der Waals surface area contributed by atoms with Crippen LogP contribution in [0.2, 0.25) is 0 Å². The fourth-order valence-electron chi connectivity index (χ4n) is 2.54. The van der Waals surface area contributed by atoms with Crippen LogP contribution in [-0.2, 0) is 4.79 Å². The van der Waals surface area contributed by atoms with Crippen LogP contribution in [0.5, 0.6) is 0 Å². The number of amides is 1. The molecule has 0 saturated carbocycles. The van der Waals surface area contributed by atoms with E-state index in [1.807, 2.05) is 26.5 Å². The standard InChI is InChI=1S/C14H25N5O/c1-11(12-8-15-16-9-12)17-13-4-6-19(7-5-13)10-14(20)18(2)3/h8-9,11,13,17H,4-7,10H2,1-3H3,(H,15,16). The molecular formula is C14H25N5O. The lowest BCUT2D eigenvalue weighted by Crippen LogP contribution is -2.46. The lowest BCUT2D eigenvalue weighted by atomic mass is 10.0. The Bertz CT molecular complexity index is 409. The van der Waals surface area contributed by atoms with Crippen molar-refractivity contribution in [2.75, 3.05) is 33.7 Å². The SMILES string of the molecule is CC(NC1CCN(CC(=O)N(C)C)CC1)c1cn[nH]c1. The second-order valence-corrected chi connectivity index (χ2v) is 5.76. The number of aromatic nitrogens is 2. The number of likely N-dealkylation sites (N-methyl/N-ethyl adjacent to an activating group) is 1. The van der Waals surface area contributed by atoms with E-state index < -0.39 is 0 Å². The normalized spacial score (nSPS) is 18.9. The van der Waals surface area contributed by atoms with E-state index in [0.29, 0.717) is 18.6 Å². The number of H-pyrrole nitrogens is 1. The molecule has 0 bridgehead atoms. The second kappa shape index (κ2) is 6.85. The Hall–Kier alpha value is -1.40. The van der Waals surface area contributed by atoms with Gasteiger partial charge in [0, 0.05) is 51.0 Å². The Kier molecular flexibility index (Phi) is 5.14. The molecule has 1 fully saturated rings. The highest BCUT2D eigenvalue weighted by Gasteiger charge is 2.22. The van der Waals surface area contributed by atoms with Crippen LogP contribution in [0.4, 0.5) is 0 Å². The highest BCUT2D eigenvalue weighted by atomic mass is 16.2. The van der Waals surface area contributed by atoms with Crippen LogP contribution in [0.1, 0.15) is 31.4 Å². The molecular weight excluding hydrogens is 254 g/mol. The zero-order valence-electron chi connectivity index (χ0n) is 12.6. The maximum Gasteiger partial charge on any atom is 0.236 e. The number of rotatable bonds is 5. The first-order chi connectivity index (χ1) is 9.56. The predicted molar refractivity (Wildman–Crippen MR) is 78.3 cm³/mol. The minimum Gasteiger partial charge on any atom is -0.348 e. The van der Waals surface area contributed by atoms with Crippen LogP contribution in [0.25, 0.3) is 0 Å². The highest BCUT2D eigenvalue weighted by Crippen LogP contribution is 2.16. The zero-order chi connectivity index (χ0) is 14.5. The van der Waals surface area contributed by atoms with E-state index in [-0.39, 0.29) is 5.91 Å². The number of carbonyl (C=O) groups is 1. The summed E-state index contributed by atoms with van der Waals surface area (Å²) in [5.41, 5.74) is 1.19. The minimum absolute atomic E-state index is 0.183. The number of likely N-dealkylation sites (tertiary alicyclic amines) is 1. The fourth-order valence-corrected chi connectivity index (χ4v) is 2.54. The summed E-state index contributed by atoms with van der Waals surface area (Å²) in [5.74, 6) is 0.183. The number of hydrogen-bond acceptors (Lipinski definition) is 4. The lowest BCUT2D eigenvalue weighted by Gasteiger charge is -2.33. The molecule has 2 heterocycles. The van der Waals surface area contributed by atoms with Gasteiger partial charge in [0.2, 0.25) is 5.91 Å². The first-order valence-corrected chi connectivity index (χ1v) is 7.23. The van der Waals surface area contributed by atoms with Crippen molar-refractivity contribution in [2.24, 2.45) is 0 Å². The van der Waals surface area contributed by atoms with E-state index in [9.17, 15) is 4.79 Å². The third-order valence-electron chi connectivity index (χ3n) is 3.95. The lowest BCUT2D eigenvalue weighted by molar-refractivity contribution is -0.130. The molecule has 1 aliphatic rings. The summed E-state index contributed by atoms with van der Waals surface area (Å²) in [6.45, 7) is 4.66. The molecule has 1 amide bonds. The number of nitrogens with one attached hydrogen (secondary N) is 2. The molecule has 1 aromatic rings. The summed E-state index contributed by atoms with van der Waals surface area (Å²) in [7, 11) is 3.62. The van der Waals surface area contributed by atoms with Crippen molar-refractivity contribution in [1.82, 2.24) is 25.3 Å². The van der Waals surface area contributed by atoms with Crippen LogP contribution in [0.3, 0.4) is 0 Å². The van der Waals surface area contributed by atoms with Crippen LogP contribution in [0, 0.1) is 0 Å². The van der Waals surface area contributed by atoms with Crippen molar-refractivity contribution in [2.45, 2.75) is 31.8 Å². The van der Waals surface area contributed by atoms with Crippen LogP contribution >= 0.6 is 0 Å². The first-order valence-electron chi connectivity index (χ1n) is 7.23. The van der Waals surface area contributed by atoms with E-state index in [0.717, 1.165) is 25.9 Å². The smallest absolute Gasteiger partial charge is 0.236 e. The van der Waals surface area contributed by atoms with Gasteiger partial charge in [0.1, 0.15) is 0 Å². The van der Waals surface area contributed by atoms with E-state index >= 15 is 0 Å². The molecule has 2 N–H and O–H groups in total. The molecule has 0 aliphatic carbocycles. The van der Waals surface area contributed by atoms with Crippen molar-refractivity contribution in [1.29, 1.82) is 0 Å². The van der Waals surface area contributed by atoms with Gasteiger partial charge in [0.25, 0.3) is 0 Å². The van der Waals surface area contributed by atoms with Gasteiger partial charge in [-0.2, -0.15) is 5.10 Å². The van der Waals surface area contributed by atoms with Crippen molar-refractivity contribution in [3.05, 3.63) is 18.0 Å². The Labute approximate surface area is 120 Å². The number of aromatic amines is 1. The summed E-state index contributed by atoms with van der Waals surface area (Å²) < 4.78 is 0. The number of hydrogen-bond donors (Lipinski definition) is 2. The van der Waals surface area contributed by atoms with Crippen LogP contribution < -0.4 is 5.32 Å². The summed E-state index contributed by atoms with van der Waals surface area (Å²) in [6.07, 6.45) is 5.97. The molecule has 112 valence electrons. The molecule has 1 saturated heterocycles. The summed E-state index contributed by atoms with van der Waals surface area (Å²) in [4.78, 5) is 15.6. The van der Waals surface area contributed by atoms with Crippen molar-refractivity contribution in [3.8, 4) is 0 Å². The number of nitrogens with zero attached hydrogens (tertiary/aromatic N) is 3. The van der Waals surface area contributed by atoms with Gasteiger partial charge in [-0.05, 0) is 19.8 Å². The monoisotopic (exact) mass is 279 g/mol. The minimum atomic E-state index is 0.183. The molecule has 0 spiro atoms. The summed E-state index contributed by atoms with van der Waals surface area (Å²) in [5, 5.41) is 10.5. The number of carbonyl (C=O) groups excluding carboxylic acids is 1. The van der Waals surface area contributed by atoms with E-state index in [4.69, 9.17) is 0 Å². The quantitative estimate of drug-likeness (QED) is 0.829.